The molecular formula is C16H21F2N. The molecule has 104 valence electrons. The summed E-state index contributed by atoms with van der Waals surface area (Å²) in [5.74, 6) is 1.47. The second kappa shape index (κ2) is 5.20. The highest BCUT2D eigenvalue weighted by molar-refractivity contribution is 5.21. The quantitative estimate of drug-likeness (QED) is 0.878. The molecule has 0 spiro atoms. The van der Waals surface area contributed by atoms with Gasteiger partial charge in [0.1, 0.15) is 11.6 Å². The summed E-state index contributed by atoms with van der Waals surface area (Å²) in [7, 11) is 1.95. The van der Waals surface area contributed by atoms with Crippen LogP contribution < -0.4 is 5.32 Å². The number of likely N-dealkylation sites (N-methyl/N-ethyl adjacent to an activating group) is 1. The molecule has 3 atom stereocenters. The van der Waals surface area contributed by atoms with Crippen LogP contribution in [-0.4, -0.2) is 13.1 Å². The second-order valence-electron chi connectivity index (χ2n) is 6.02. The molecule has 0 saturated heterocycles. The summed E-state index contributed by atoms with van der Waals surface area (Å²) < 4.78 is 26.7. The number of hydrogen-bond donors (Lipinski definition) is 1. The van der Waals surface area contributed by atoms with Crippen LogP contribution in [0.5, 0.6) is 0 Å². The Morgan fingerprint density at radius 3 is 2.47 bits per heavy atom. The van der Waals surface area contributed by atoms with Crippen LogP contribution in [0.2, 0.25) is 0 Å². The van der Waals surface area contributed by atoms with Crippen molar-refractivity contribution in [1.82, 2.24) is 5.32 Å². The van der Waals surface area contributed by atoms with Crippen molar-refractivity contribution in [1.29, 1.82) is 0 Å². The minimum Gasteiger partial charge on any atom is -0.316 e. The van der Waals surface area contributed by atoms with E-state index in [1.165, 1.54) is 31.7 Å². The summed E-state index contributed by atoms with van der Waals surface area (Å²) in [6.45, 7) is 0. The Balaban J connectivity index is 1.70. The van der Waals surface area contributed by atoms with E-state index in [2.05, 4.69) is 5.32 Å². The van der Waals surface area contributed by atoms with Crippen LogP contribution >= 0.6 is 0 Å². The molecule has 2 fully saturated rings. The summed E-state index contributed by atoms with van der Waals surface area (Å²) in [6.07, 6.45) is 6.02. The van der Waals surface area contributed by atoms with Gasteiger partial charge in [0.05, 0.1) is 0 Å². The average molecular weight is 265 g/mol. The van der Waals surface area contributed by atoms with E-state index in [0.717, 1.165) is 17.9 Å². The van der Waals surface area contributed by atoms with Gasteiger partial charge in [0.25, 0.3) is 0 Å². The SMILES string of the molecule is CNC(Cc1ccc(F)cc1F)C1C2CCCCC21. The van der Waals surface area contributed by atoms with Crippen molar-refractivity contribution in [2.24, 2.45) is 17.8 Å². The Bertz CT molecular complexity index is 448. The Labute approximate surface area is 113 Å². The molecule has 1 aromatic rings. The maximum atomic E-state index is 13.7. The molecule has 3 rings (SSSR count). The zero-order valence-corrected chi connectivity index (χ0v) is 11.3. The molecule has 0 radical (unpaired) electrons. The zero-order chi connectivity index (χ0) is 13.4. The highest BCUT2D eigenvalue weighted by Gasteiger charge is 2.53. The van der Waals surface area contributed by atoms with E-state index >= 15 is 0 Å². The fourth-order valence-corrected chi connectivity index (χ4v) is 4.00. The summed E-state index contributed by atoms with van der Waals surface area (Å²) >= 11 is 0. The fourth-order valence-electron chi connectivity index (χ4n) is 4.00. The van der Waals surface area contributed by atoms with Crippen molar-refractivity contribution in [3.05, 3.63) is 35.4 Å². The van der Waals surface area contributed by atoms with E-state index in [1.54, 1.807) is 6.07 Å². The van der Waals surface area contributed by atoms with Gasteiger partial charge in [-0.15, -0.1) is 0 Å². The number of benzene rings is 1. The highest BCUT2D eigenvalue weighted by Crippen LogP contribution is 2.57. The molecule has 1 N–H and O–H groups in total. The van der Waals surface area contributed by atoms with Crippen LogP contribution in [0.15, 0.2) is 18.2 Å². The van der Waals surface area contributed by atoms with Crippen molar-refractivity contribution < 1.29 is 8.78 Å². The Kier molecular flexibility index (Phi) is 3.57. The fraction of sp³-hybridized carbons (Fsp3) is 0.625. The molecule has 19 heavy (non-hydrogen) atoms. The minimum absolute atomic E-state index is 0.327. The Morgan fingerprint density at radius 2 is 1.89 bits per heavy atom. The largest absolute Gasteiger partial charge is 0.316 e. The normalized spacial score (nSPS) is 30.8. The molecule has 2 saturated carbocycles. The third kappa shape index (κ3) is 2.53. The van der Waals surface area contributed by atoms with Gasteiger partial charge in [0, 0.05) is 12.1 Å². The van der Waals surface area contributed by atoms with E-state index in [9.17, 15) is 8.78 Å². The molecule has 2 aliphatic carbocycles. The van der Waals surface area contributed by atoms with E-state index in [4.69, 9.17) is 0 Å². The third-order valence-electron chi connectivity index (χ3n) is 5.01. The van der Waals surface area contributed by atoms with Crippen LogP contribution in [0.1, 0.15) is 31.2 Å². The number of halogens is 2. The minimum atomic E-state index is -0.498. The standard InChI is InChI=1S/C16H21F2N/c1-19-15(16-12-4-2-3-5-13(12)16)8-10-6-7-11(17)9-14(10)18/h6-7,9,12-13,15-16,19H,2-5,8H2,1H3. The van der Waals surface area contributed by atoms with Gasteiger partial charge in [-0.05, 0) is 55.7 Å². The molecule has 0 bridgehead atoms. The molecular weight excluding hydrogens is 244 g/mol. The number of nitrogens with one attached hydrogen (secondary N) is 1. The first-order valence-corrected chi connectivity index (χ1v) is 7.32. The van der Waals surface area contributed by atoms with Crippen LogP contribution in [0, 0.1) is 29.4 Å². The number of fused-ring (bicyclic) bond motifs is 1. The van der Waals surface area contributed by atoms with Gasteiger partial charge in [-0.25, -0.2) is 8.78 Å². The molecule has 3 heteroatoms. The van der Waals surface area contributed by atoms with Crippen LogP contribution in [0.4, 0.5) is 8.78 Å². The van der Waals surface area contributed by atoms with Crippen LogP contribution in [0.3, 0.4) is 0 Å². The predicted octanol–water partition coefficient (Wildman–Crippen LogP) is 3.53. The van der Waals surface area contributed by atoms with Gasteiger partial charge in [0.2, 0.25) is 0 Å². The number of hydrogen-bond acceptors (Lipinski definition) is 1. The van der Waals surface area contributed by atoms with Crippen molar-refractivity contribution in [3.8, 4) is 0 Å². The first kappa shape index (κ1) is 13.0. The van der Waals surface area contributed by atoms with E-state index in [1.807, 2.05) is 7.05 Å². The second-order valence-corrected chi connectivity index (χ2v) is 6.02. The van der Waals surface area contributed by atoms with Gasteiger partial charge in [0.15, 0.2) is 0 Å². The molecule has 0 amide bonds. The smallest absolute Gasteiger partial charge is 0.129 e. The highest BCUT2D eigenvalue weighted by atomic mass is 19.1. The zero-order valence-electron chi connectivity index (χ0n) is 11.3. The third-order valence-corrected chi connectivity index (χ3v) is 5.01. The van der Waals surface area contributed by atoms with Gasteiger partial charge in [-0.3, -0.25) is 0 Å². The van der Waals surface area contributed by atoms with Gasteiger partial charge in [-0.2, -0.15) is 0 Å². The molecule has 3 unspecified atom stereocenters. The first-order chi connectivity index (χ1) is 9.20. The van der Waals surface area contributed by atoms with Crippen molar-refractivity contribution >= 4 is 0 Å². The summed E-state index contributed by atoms with van der Waals surface area (Å²) in [5, 5.41) is 3.35. The summed E-state index contributed by atoms with van der Waals surface area (Å²) in [5.41, 5.74) is 0.629. The average Bonchev–Trinajstić information content (AvgIpc) is 3.12. The molecule has 0 aromatic heterocycles. The Morgan fingerprint density at radius 1 is 1.21 bits per heavy atom. The van der Waals surface area contributed by atoms with Gasteiger partial charge in [-0.1, -0.05) is 18.9 Å². The molecule has 0 heterocycles. The predicted molar refractivity (Wildman–Crippen MR) is 71.8 cm³/mol. The van der Waals surface area contributed by atoms with Crippen molar-refractivity contribution in [3.63, 3.8) is 0 Å². The van der Waals surface area contributed by atoms with Crippen LogP contribution in [-0.2, 0) is 6.42 Å². The van der Waals surface area contributed by atoms with Crippen molar-refractivity contribution in [2.45, 2.75) is 38.1 Å². The first-order valence-electron chi connectivity index (χ1n) is 7.32. The van der Waals surface area contributed by atoms with Crippen molar-refractivity contribution in [2.75, 3.05) is 7.05 Å². The lowest BCUT2D eigenvalue weighted by atomic mass is 9.99. The molecule has 1 aromatic carbocycles. The van der Waals surface area contributed by atoms with Crippen LogP contribution in [0.25, 0.3) is 0 Å². The van der Waals surface area contributed by atoms with E-state index in [0.29, 0.717) is 23.9 Å². The maximum absolute atomic E-state index is 13.7. The van der Waals surface area contributed by atoms with Gasteiger partial charge >= 0.3 is 0 Å². The lowest BCUT2D eigenvalue weighted by Gasteiger charge is -2.17. The lowest BCUT2D eigenvalue weighted by Crippen LogP contribution is -2.31. The molecule has 0 aliphatic heterocycles. The monoisotopic (exact) mass is 265 g/mol. The number of rotatable bonds is 4. The molecule has 2 aliphatic rings. The molecule has 1 nitrogen and oxygen atoms in total. The maximum Gasteiger partial charge on any atom is 0.129 e. The van der Waals surface area contributed by atoms with E-state index in [-0.39, 0.29) is 0 Å². The topological polar surface area (TPSA) is 12.0 Å². The summed E-state index contributed by atoms with van der Waals surface area (Å²) in [6, 6.07) is 4.25. The summed E-state index contributed by atoms with van der Waals surface area (Å²) in [4.78, 5) is 0. The van der Waals surface area contributed by atoms with E-state index < -0.39 is 11.6 Å². The lowest BCUT2D eigenvalue weighted by molar-refractivity contribution is 0.450. The Hall–Kier alpha value is -0.960. The van der Waals surface area contributed by atoms with Gasteiger partial charge < -0.3 is 5.32 Å².